The van der Waals surface area contributed by atoms with Gasteiger partial charge in [0.25, 0.3) is 0 Å². The maximum atomic E-state index is 13.0. The van der Waals surface area contributed by atoms with Crippen LogP contribution >= 0.6 is 11.3 Å². The molecule has 4 rings (SSSR count). The summed E-state index contributed by atoms with van der Waals surface area (Å²) in [5, 5.41) is 2.64. The van der Waals surface area contributed by atoms with E-state index in [-0.39, 0.29) is 11.6 Å². The molecule has 1 atom stereocenters. The van der Waals surface area contributed by atoms with Crippen LogP contribution in [-0.2, 0) is 22.3 Å². The average Bonchev–Trinajstić information content (AvgIpc) is 3.36. The Bertz CT molecular complexity index is 1020. The molecule has 0 aliphatic rings. The van der Waals surface area contributed by atoms with Crippen molar-refractivity contribution in [2.24, 2.45) is 0 Å². The van der Waals surface area contributed by atoms with Gasteiger partial charge in [0.1, 0.15) is 12.1 Å². The molecule has 1 unspecified atom stereocenters. The monoisotopic (exact) mass is 388 g/mol. The number of nitrogens with zero attached hydrogens (tertiary/aromatic N) is 2. The lowest BCUT2D eigenvalue weighted by molar-refractivity contribution is 0.572. The van der Waals surface area contributed by atoms with Gasteiger partial charge in [-0.1, -0.05) is 0 Å². The summed E-state index contributed by atoms with van der Waals surface area (Å²) in [6.07, 6.45) is 3.07. The van der Waals surface area contributed by atoms with Gasteiger partial charge in [-0.05, 0) is 36.4 Å². The third kappa shape index (κ3) is 3.81. The maximum absolute atomic E-state index is 13.0. The van der Waals surface area contributed by atoms with Crippen LogP contribution in [0.25, 0.3) is 22.2 Å². The molecule has 132 valence electrons. The number of benzene rings is 1. The van der Waals surface area contributed by atoms with Gasteiger partial charge in [0.2, 0.25) is 5.89 Å². The van der Waals surface area contributed by atoms with Gasteiger partial charge < -0.3 is 8.83 Å². The number of hydrogen-bond donors (Lipinski definition) is 0. The molecule has 3 aromatic heterocycles. The molecule has 0 aliphatic heterocycles. The van der Waals surface area contributed by atoms with Crippen LogP contribution in [0.3, 0.4) is 0 Å². The highest BCUT2D eigenvalue weighted by atomic mass is 32.2. The van der Waals surface area contributed by atoms with E-state index in [0.29, 0.717) is 28.7 Å². The Balaban J connectivity index is 1.40. The summed E-state index contributed by atoms with van der Waals surface area (Å²) >= 11 is 1.45. The van der Waals surface area contributed by atoms with E-state index >= 15 is 0 Å². The fourth-order valence-corrected chi connectivity index (χ4v) is 4.30. The largest absolute Gasteiger partial charge is 0.462 e. The summed E-state index contributed by atoms with van der Waals surface area (Å²) in [5.74, 6) is 1.35. The molecule has 0 radical (unpaired) electrons. The summed E-state index contributed by atoms with van der Waals surface area (Å²) in [6, 6.07) is 9.51. The Morgan fingerprint density at radius 2 is 1.85 bits per heavy atom. The highest BCUT2D eigenvalue weighted by Gasteiger charge is 2.13. The molecule has 0 fully saturated rings. The van der Waals surface area contributed by atoms with Crippen molar-refractivity contribution in [3.8, 4) is 22.2 Å². The van der Waals surface area contributed by atoms with Crippen molar-refractivity contribution >= 4 is 22.1 Å². The van der Waals surface area contributed by atoms with Crippen molar-refractivity contribution in [1.29, 1.82) is 0 Å². The fraction of sp³-hybridized carbons (Fsp3) is 0.111. The lowest BCUT2D eigenvalue weighted by Crippen LogP contribution is -2.00. The molecule has 1 aromatic carbocycles. The number of hydrogen-bond acceptors (Lipinski definition) is 6. The first-order chi connectivity index (χ1) is 12.7. The van der Waals surface area contributed by atoms with Gasteiger partial charge in [0.05, 0.1) is 29.2 Å². The van der Waals surface area contributed by atoms with Crippen LogP contribution in [0.15, 0.2) is 63.1 Å². The smallest absolute Gasteiger partial charge is 0.226 e. The van der Waals surface area contributed by atoms with Gasteiger partial charge in [0.15, 0.2) is 10.8 Å². The first-order valence-corrected chi connectivity index (χ1v) is 10.1. The molecule has 5 nitrogen and oxygen atoms in total. The van der Waals surface area contributed by atoms with Crippen molar-refractivity contribution in [3.63, 3.8) is 0 Å². The van der Waals surface area contributed by atoms with E-state index in [9.17, 15) is 8.60 Å². The zero-order chi connectivity index (χ0) is 17.9. The van der Waals surface area contributed by atoms with E-state index in [4.69, 9.17) is 8.83 Å². The van der Waals surface area contributed by atoms with Crippen LogP contribution in [0.2, 0.25) is 0 Å². The molecule has 0 spiro atoms. The molecular weight excluding hydrogens is 375 g/mol. The molecule has 0 amide bonds. The van der Waals surface area contributed by atoms with E-state index in [1.165, 1.54) is 29.7 Å². The number of rotatable bonds is 6. The average molecular weight is 388 g/mol. The van der Waals surface area contributed by atoms with Crippen molar-refractivity contribution < 1.29 is 17.4 Å². The first-order valence-electron chi connectivity index (χ1n) is 7.71. The molecule has 0 N–H and O–H groups in total. The maximum Gasteiger partial charge on any atom is 0.226 e. The minimum Gasteiger partial charge on any atom is -0.462 e. The second kappa shape index (κ2) is 7.35. The van der Waals surface area contributed by atoms with Crippen molar-refractivity contribution in [1.82, 2.24) is 9.97 Å². The van der Waals surface area contributed by atoms with E-state index in [1.807, 2.05) is 11.4 Å². The predicted molar refractivity (Wildman–Crippen MR) is 97.3 cm³/mol. The molecule has 0 aliphatic carbocycles. The van der Waals surface area contributed by atoms with Crippen LogP contribution in [0.1, 0.15) is 11.4 Å². The Hall–Kier alpha value is -2.58. The Morgan fingerprint density at radius 3 is 2.62 bits per heavy atom. The second-order valence-electron chi connectivity index (χ2n) is 5.50. The number of aromatic nitrogens is 2. The molecule has 0 saturated heterocycles. The van der Waals surface area contributed by atoms with Gasteiger partial charge in [0, 0.05) is 21.7 Å². The highest BCUT2D eigenvalue weighted by molar-refractivity contribution is 7.83. The second-order valence-corrected chi connectivity index (χ2v) is 7.82. The van der Waals surface area contributed by atoms with E-state index in [1.54, 1.807) is 24.5 Å². The van der Waals surface area contributed by atoms with E-state index < -0.39 is 10.8 Å². The zero-order valence-corrected chi connectivity index (χ0v) is 15.1. The molecular formula is C18H13FN2O3S2. The lowest BCUT2D eigenvalue weighted by Gasteiger charge is -1.97. The number of thiazole rings is 1. The van der Waals surface area contributed by atoms with Gasteiger partial charge in [-0.25, -0.2) is 14.4 Å². The summed E-state index contributed by atoms with van der Waals surface area (Å²) in [7, 11) is -1.17. The topological polar surface area (TPSA) is 69.1 Å². The zero-order valence-electron chi connectivity index (χ0n) is 13.4. The van der Waals surface area contributed by atoms with Crippen LogP contribution in [0.5, 0.6) is 0 Å². The summed E-state index contributed by atoms with van der Waals surface area (Å²) in [5.41, 5.74) is 2.01. The van der Waals surface area contributed by atoms with Crippen LogP contribution in [-0.4, -0.2) is 14.2 Å². The van der Waals surface area contributed by atoms with Crippen LogP contribution in [0.4, 0.5) is 4.39 Å². The molecule has 26 heavy (non-hydrogen) atoms. The Morgan fingerprint density at radius 1 is 1.04 bits per heavy atom. The number of oxazole rings is 1. The molecule has 0 saturated carbocycles. The summed E-state index contributed by atoms with van der Waals surface area (Å²) in [6.45, 7) is 0. The highest BCUT2D eigenvalue weighted by Crippen LogP contribution is 2.25. The Labute approximate surface area is 155 Å². The van der Waals surface area contributed by atoms with Crippen LogP contribution < -0.4 is 0 Å². The minimum absolute atomic E-state index is 0.262. The molecule has 8 heteroatoms. The van der Waals surface area contributed by atoms with Gasteiger partial charge in [-0.15, -0.1) is 11.3 Å². The van der Waals surface area contributed by atoms with Crippen molar-refractivity contribution in [2.45, 2.75) is 11.5 Å². The number of halogens is 1. The minimum atomic E-state index is -1.17. The fourth-order valence-electron chi connectivity index (χ4n) is 2.37. The lowest BCUT2D eigenvalue weighted by atomic mass is 10.2. The van der Waals surface area contributed by atoms with Crippen molar-refractivity contribution in [2.75, 3.05) is 0 Å². The SMILES string of the molecule is O=S(Cc1coc(-c2ccc(F)cc2)n1)Cc1csc(-c2ccco2)n1. The first kappa shape index (κ1) is 16.9. The Kier molecular flexibility index (Phi) is 4.77. The van der Waals surface area contributed by atoms with Crippen LogP contribution in [0, 0.1) is 5.82 Å². The summed E-state index contributed by atoms with van der Waals surface area (Å²) < 4.78 is 36.1. The standard InChI is InChI=1S/C18H13FN2O3S2/c19-13-5-3-12(4-6-13)17-20-14(8-24-17)10-26(22)11-15-9-25-18(21-15)16-2-1-7-23-16/h1-9H,10-11H2. The van der Waals surface area contributed by atoms with Gasteiger partial charge >= 0.3 is 0 Å². The van der Waals surface area contributed by atoms with Crippen molar-refractivity contribution in [3.05, 3.63) is 71.5 Å². The van der Waals surface area contributed by atoms with E-state index in [0.717, 1.165) is 10.7 Å². The normalized spacial score (nSPS) is 12.3. The summed E-state index contributed by atoms with van der Waals surface area (Å²) in [4.78, 5) is 8.77. The van der Waals surface area contributed by atoms with Gasteiger partial charge in [-0.2, -0.15) is 0 Å². The molecule has 4 aromatic rings. The third-order valence-corrected chi connectivity index (χ3v) is 5.69. The van der Waals surface area contributed by atoms with Gasteiger partial charge in [-0.3, -0.25) is 4.21 Å². The third-order valence-electron chi connectivity index (χ3n) is 3.54. The molecule has 3 heterocycles. The molecule has 0 bridgehead atoms. The van der Waals surface area contributed by atoms with E-state index in [2.05, 4.69) is 9.97 Å². The predicted octanol–water partition coefficient (Wildman–Crippen LogP) is 4.65. The number of furan rings is 1. The quantitative estimate of drug-likeness (QED) is 0.481.